The first kappa shape index (κ1) is 27.4. The van der Waals surface area contributed by atoms with Crippen LogP contribution in [0.5, 0.6) is 11.5 Å². The van der Waals surface area contributed by atoms with E-state index in [9.17, 15) is 19.2 Å². The molecular formula is C35H28N2O7. The van der Waals surface area contributed by atoms with Crippen molar-refractivity contribution in [2.24, 2.45) is 11.8 Å². The lowest BCUT2D eigenvalue weighted by Gasteiger charge is -2.45. The number of anilines is 2. The molecule has 9 nitrogen and oxygen atoms in total. The van der Waals surface area contributed by atoms with Gasteiger partial charge in [0.15, 0.2) is 6.61 Å². The van der Waals surface area contributed by atoms with Crippen LogP contribution in [0.1, 0.15) is 44.4 Å². The molecule has 0 radical (unpaired) electrons. The Kier molecular flexibility index (Phi) is 6.65. The number of imide groups is 1. The third-order valence-electron chi connectivity index (χ3n) is 8.82. The van der Waals surface area contributed by atoms with Crippen LogP contribution in [0.2, 0.25) is 0 Å². The average Bonchev–Trinajstić information content (AvgIpc) is 3.33. The average molecular weight is 589 g/mol. The molecule has 3 amide bonds. The number of hydrogen-bond donors (Lipinski definition) is 1. The Bertz CT molecular complexity index is 1720. The van der Waals surface area contributed by atoms with E-state index in [1.165, 1.54) is 31.3 Å². The lowest BCUT2D eigenvalue weighted by atomic mass is 9.55. The molecule has 0 unspecified atom stereocenters. The van der Waals surface area contributed by atoms with Crippen LogP contribution < -0.4 is 19.7 Å². The van der Waals surface area contributed by atoms with Crippen LogP contribution in [0.4, 0.5) is 11.4 Å². The molecule has 4 aromatic rings. The Morgan fingerprint density at radius 3 is 1.77 bits per heavy atom. The van der Waals surface area contributed by atoms with E-state index in [4.69, 9.17) is 14.2 Å². The first-order valence-electron chi connectivity index (χ1n) is 14.3. The number of hydrogen-bond acceptors (Lipinski definition) is 7. The fourth-order valence-corrected chi connectivity index (χ4v) is 6.99. The van der Waals surface area contributed by atoms with E-state index in [0.29, 0.717) is 22.9 Å². The highest BCUT2D eigenvalue weighted by atomic mass is 16.5. The summed E-state index contributed by atoms with van der Waals surface area (Å²) in [6.45, 7) is -0.530. The Morgan fingerprint density at radius 1 is 0.727 bits per heavy atom. The smallest absolute Gasteiger partial charge is 0.338 e. The standard InChI is InChI=1S/C35H28N2O7/c1-42-21-15-16-27(43-2)26(17-21)36-28(38)18-44-35(41)19-11-13-20(14-12-19)37-33(39)31-29-22-7-3-4-8-23(22)30(32(31)34(37)40)25-10-6-5-9-24(25)29/h3-17,29-32H,18H2,1-2H3,(H,36,38)/t29?,30?,31-,32-/m0/s1. The number of methoxy groups -OCH3 is 2. The van der Waals surface area contributed by atoms with Crippen LogP contribution in [0, 0.1) is 11.8 Å². The number of esters is 1. The third kappa shape index (κ3) is 4.23. The quantitative estimate of drug-likeness (QED) is 0.242. The summed E-state index contributed by atoms with van der Waals surface area (Å²) in [4.78, 5) is 54.4. The zero-order valence-electron chi connectivity index (χ0n) is 24.0. The number of carbonyl (C=O) groups excluding carboxylic acids is 4. The Labute approximate surface area is 253 Å². The molecule has 1 aliphatic heterocycles. The number of nitrogens with one attached hydrogen (secondary N) is 1. The van der Waals surface area contributed by atoms with E-state index < -0.39 is 30.3 Å². The Morgan fingerprint density at radius 2 is 1.27 bits per heavy atom. The first-order chi connectivity index (χ1) is 21.4. The van der Waals surface area contributed by atoms with Crippen molar-refractivity contribution in [3.05, 3.63) is 119 Å². The van der Waals surface area contributed by atoms with Gasteiger partial charge in [-0.2, -0.15) is 0 Å². The van der Waals surface area contributed by atoms with E-state index in [0.717, 1.165) is 22.3 Å². The van der Waals surface area contributed by atoms with Gasteiger partial charge in [0.05, 0.1) is 43.0 Å². The van der Waals surface area contributed by atoms with Gasteiger partial charge in [-0.3, -0.25) is 14.4 Å². The molecule has 1 fully saturated rings. The summed E-state index contributed by atoms with van der Waals surface area (Å²) >= 11 is 0. The molecule has 0 saturated carbocycles. The van der Waals surface area contributed by atoms with Gasteiger partial charge in [0.25, 0.3) is 5.91 Å². The predicted octanol–water partition coefficient (Wildman–Crippen LogP) is 4.90. The number of amides is 3. The second-order valence-electron chi connectivity index (χ2n) is 11.0. The number of benzene rings is 4. The van der Waals surface area contributed by atoms with E-state index >= 15 is 0 Å². The normalized spacial score (nSPS) is 20.8. The summed E-state index contributed by atoms with van der Waals surface area (Å²) in [6.07, 6.45) is 0. The minimum Gasteiger partial charge on any atom is -0.497 e. The largest absolute Gasteiger partial charge is 0.497 e. The van der Waals surface area contributed by atoms with Gasteiger partial charge in [-0.25, -0.2) is 9.69 Å². The van der Waals surface area contributed by atoms with Crippen molar-refractivity contribution in [3.8, 4) is 11.5 Å². The summed E-state index contributed by atoms with van der Waals surface area (Å²) in [5.74, 6) is -2.20. The molecule has 4 aromatic carbocycles. The number of rotatable bonds is 7. The molecule has 1 saturated heterocycles. The van der Waals surface area contributed by atoms with Crippen molar-refractivity contribution < 1.29 is 33.4 Å². The van der Waals surface area contributed by atoms with Gasteiger partial charge in [0, 0.05) is 17.9 Å². The van der Waals surface area contributed by atoms with Crippen molar-refractivity contribution in [3.63, 3.8) is 0 Å². The molecule has 0 spiro atoms. The fraction of sp³-hybridized carbons (Fsp3) is 0.200. The van der Waals surface area contributed by atoms with Gasteiger partial charge < -0.3 is 19.5 Å². The van der Waals surface area contributed by atoms with Crippen molar-refractivity contribution in [2.75, 3.05) is 31.0 Å². The summed E-state index contributed by atoms with van der Waals surface area (Å²) in [7, 11) is 2.98. The van der Waals surface area contributed by atoms with Crippen LogP contribution in [0.3, 0.4) is 0 Å². The minimum absolute atomic E-state index is 0.178. The molecule has 4 aliphatic rings. The van der Waals surface area contributed by atoms with Gasteiger partial charge in [-0.05, 0) is 58.7 Å². The maximum absolute atomic E-state index is 13.9. The van der Waals surface area contributed by atoms with Crippen LogP contribution in [0.15, 0.2) is 91.0 Å². The lowest BCUT2D eigenvalue weighted by Crippen LogP contribution is -2.41. The SMILES string of the molecule is COc1ccc(OC)c(NC(=O)COC(=O)c2ccc(N3C(=O)[C@H]4C5c6ccccc6C(c6ccccc65)[C@@H]4C3=O)cc2)c1. The van der Waals surface area contributed by atoms with E-state index in [2.05, 4.69) is 29.6 Å². The molecule has 8 rings (SSSR count). The second-order valence-corrected chi connectivity index (χ2v) is 11.0. The third-order valence-corrected chi connectivity index (χ3v) is 8.82. The van der Waals surface area contributed by atoms with Crippen molar-refractivity contribution >= 4 is 35.1 Å². The van der Waals surface area contributed by atoms with Crippen LogP contribution in [0.25, 0.3) is 0 Å². The highest BCUT2D eigenvalue weighted by Crippen LogP contribution is 2.61. The maximum Gasteiger partial charge on any atom is 0.338 e. The molecular weight excluding hydrogens is 560 g/mol. The molecule has 0 aromatic heterocycles. The summed E-state index contributed by atoms with van der Waals surface area (Å²) in [5, 5.41) is 2.65. The lowest BCUT2D eigenvalue weighted by molar-refractivity contribution is -0.122. The summed E-state index contributed by atoms with van der Waals surface area (Å²) in [5.41, 5.74) is 5.36. The second kappa shape index (κ2) is 10.7. The summed E-state index contributed by atoms with van der Waals surface area (Å²) in [6, 6.07) is 27.2. The molecule has 3 aliphatic carbocycles. The van der Waals surface area contributed by atoms with E-state index in [1.54, 1.807) is 30.3 Å². The van der Waals surface area contributed by atoms with Gasteiger partial charge in [0.1, 0.15) is 11.5 Å². The van der Waals surface area contributed by atoms with Crippen molar-refractivity contribution in [2.45, 2.75) is 11.8 Å². The number of ether oxygens (including phenoxy) is 3. The zero-order valence-corrected chi connectivity index (χ0v) is 24.0. The number of nitrogens with zero attached hydrogens (tertiary/aromatic N) is 1. The highest BCUT2D eigenvalue weighted by molar-refractivity contribution is 6.23. The molecule has 2 atom stereocenters. The van der Waals surface area contributed by atoms with Crippen LogP contribution in [-0.4, -0.2) is 44.5 Å². The predicted molar refractivity (Wildman–Crippen MR) is 161 cm³/mol. The maximum atomic E-state index is 13.9. The van der Waals surface area contributed by atoms with Gasteiger partial charge in [-0.15, -0.1) is 0 Å². The van der Waals surface area contributed by atoms with E-state index in [1.807, 2.05) is 24.3 Å². The molecule has 1 heterocycles. The fourth-order valence-electron chi connectivity index (χ4n) is 6.99. The van der Waals surface area contributed by atoms with Crippen LogP contribution >= 0.6 is 0 Å². The van der Waals surface area contributed by atoms with Crippen molar-refractivity contribution in [1.82, 2.24) is 0 Å². The first-order valence-corrected chi connectivity index (χ1v) is 14.3. The topological polar surface area (TPSA) is 111 Å². The van der Waals surface area contributed by atoms with Crippen molar-refractivity contribution in [1.29, 1.82) is 0 Å². The van der Waals surface area contributed by atoms with Gasteiger partial charge in [0.2, 0.25) is 11.8 Å². The zero-order chi connectivity index (χ0) is 30.5. The molecule has 2 bridgehead atoms. The van der Waals surface area contributed by atoms with Gasteiger partial charge in [-0.1, -0.05) is 48.5 Å². The molecule has 44 heavy (non-hydrogen) atoms. The van der Waals surface area contributed by atoms with E-state index in [-0.39, 0.29) is 29.2 Å². The van der Waals surface area contributed by atoms with Crippen LogP contribution in [-0.2, 0) is 19.1 Å². The summed E-state index contributed by atoms with van der Waals surface area (Å²) < 4.78 is 15.7. The molecule has 9 heteroatoms. The Hall–Kier alpha value is -5.44. The molecule has 220 valence electrons. The molecule has 1 N–H and O–H groups in total. The highest BCUT2D eigenvalue weighted by Gasteiger charge is 2.61. The van der Waals surface area contributed by atoms with Gasteiger partial charge >= 0.3 is 5.97 Å². The Balaban J connectivity index is 1.07. The number of carbonyl (C=O) groups is 4. The monoisotopic (exact) mass is 588 g/mol. The minimum atomic E-state index is -0.721.